The first-order valence-electron chi connectivity index (χ1n) is 20.1. The summed E-state index contributed by atoms with van der Waals surface area (Å²) in [4.78, 5) is 60.5. The lowest BCUT2D eigenvalue weighted by atomic mass is 9.94. The van der Waals surface area contributed by atoms with Crippen molar-refractivity contribution in [1.82, 2.24) is 25.2 Å². The van der Waals surface area contributed by atoms with E-state index in [1.165, 1.54) is 34.0 Å². The van der Waals surface area contributed by atoms with Crippen LogP contribution < -0.4 is 15.4 Å². The van der Waals surface area contributed by atoms with Crippen LogP contribution in [0, 0.1) is 12.8 Å². The number of ether oxygens (including phenoxy) is 1. The lowest BCUT2D eigenvalue weighted by Gasteiger charge is -2.34. The zero-order valence-electron chi connectivity index (χ0n) is 31.9. The van der Waals surface area contributed by atoms with Crippen LogP contribution in [-0.2, 0) is 42.2 Å². The van der Waals surface area contributed by atoms with Crippen LogP contribution in [0.1, 0.15) is 87.3 Å². The molecule has 3 heterocycles. The van der Waals surface area contributed by atoms with Gasteiger partial charge < -0.3 is 20.3 Å². The number of fused-ring (bicyclic) bond motifs is 2. The van der Waals surface area contributed by atoms with E-state index >= 15 is 0 Å². The Balaban J connectivity index is 1.09. The molecule has 0 aromatic heterocycles. The van der Waals surface area contributed by atoms with Crippen molar-refractivity contribution in [1.29, 1.82) is 0 Å². The van der Waals surface area contributed by atoms with Gasteiger partial charge in [0.1, 0.15) is 23.7 Å². The molecule has 0 bridgehead atoms. The van der Waals surface area contributed by atoms with E-state index in [0.717, 1.165) is 44.1 Å². The number of alkyl carbamates (subject to hydrolysis) is 1. The highest BCUT2D eigenvalue weighted by Gasteiger charge is 2.61. The number of sulfonamides is 1. The number of hydrogen-bond donors (Lipinski definition) is 3. The van der Waals surface area contributed by atoms with Gasteiger partial charge in [-0.2, -0.15) is 0 Å². The van der Waals surface area contributed by atoms with Crippen molar-refractivity contribution < 1.29 is 32.3 Å². The van der Waals surface area contributed by atoms with Crippen LogP contribution in [0.15, 0.2) is 77.7 Å². The highest BCUT2D eigenvalue weighted by atomic mass is 32.2. The van der Waals surface area contributed by atoms with Crippen LogP contribution in [0.5, 0.6) is 0 Å². The first kappa shape index (κ1) is 38.1. The normalized spacial score (nSPS) is 28.0. The fourth-order valence-corrected chi connectivity index (χ4v) is 10.2. The molecule has 3 aromatic carbocycles. The molecule has 296 valence electrons. The summed E-state index contributed by atoms with van der Waals surface area (Å²) in [6.45, 7) is 3.37. The second-order valence-corrected chi connectivity index (χ2v) is 18.0. The van der Waals surface area contributed by atoms with Crippen LogP contribution in [0.3, 0.4) is 0 Å². The molecule has 3 fully saturated rings. The minimum absolute atomic E-state index is 0.0525. The molecule has 4 amide bonds. The van der Waals surface area contributed by atoms with Crippen LogP contribution >= 0.6 is 0 Å². The molecular formula is C43H51N5O7S. The van der Waals surface area contributed by atoms with Gasteiger partial charge in [0.25, 0.3) is 15.9 Å². The number of nitrogens with zero attached hydrogens (tertiary/aromatic N) is 2. The molecular weight excluding hydrogens is 731 g/mol. The van der Waals surface area contributed by atoms with Crippen molar-refractivity contribution in [3.63, 3.8) is 0 Å². The van der Waals surface area contributed by atoms with Crippen molar-refractivity contribution >= 4 is 44.6 Å². The van der Waals surface area contributed by atoms with Gasteiger partial charge in [0, 0.05) is 31.6 Å². The van der Waals surface area contributed by atoms with Crippen LogP contribution in [-0.4, -0.2) is 78.3 Å². The van der Waals surface area contributed by atoms with E-state index in [9.17, 15) is 27.6 Å². The molecule has 4 unspecified atom stereocenters. The molecule has 56 heavy (non-hydrogen) atoms. The number of carbonyl (C=O) groups excluding carboxylic acids is 4. The monoisotopic (exact) mass is 781 g/mol. The standard InChI is InChI=1S/C43H51N5O7S/c1-28-19-21-35(22-20-28)56(53,54)46-41(51)43-24-32(43)15-5-3-2-4-6-18-36(44-42(52)55-34-16-7-8-17-34)40(50)48-27-33(23-37(48)39(49)45-43)47-25-30-13-9-11-29-12-10-14-31(26-47)38(29)30/h5,9-15,19-22,32-34,36-37H,2-4,6-8,16-18,23-27H2,1H3,(H,44,52)(H,45,49)(H,46,51)/b15-5+/t32?,33-,36?,37?,43?/m1/s1. The Kier molecular flexibility index (Phi) is 10.7. The summed E-state index contributed by atoms with van der Waals surface area (Å²) >= 11 is 0. The van der Waals surface area contributed by atoms with Crippen LogP contribution in [0.25, 0.3) is 10.8 Å². The van der Waals surface area contributed by atoms with Gasteiger partial charge in [0.15, 0.2) is 0 Å². The minimum Gasteiger partial charge on any atom is -0.446 e. The van der Waals surface area contributed by atoms with Crippen molar-refractivity contribution in [3.8, 4) is 0 Å². The highest BCUT2D eigenvalue weighted by molar-refractivity contribution is 7.90. The van der Waals surface area contributed by atoms with Crippen LogP contribution in [0.4, 0.5) is 4.79 Å². The molecule has 3 N–H and O–H groups in total. The molecule has 0 radical (unpaired) electrons. The third-order valence-corrected chi connectivity index (χ3v) is 13.8. The Labute approximate surface area is 328 Å². The average molecular weight is 782 g/mol. The predicted octanol–water partition coefficient (Wildman–Crippen LogP) is 5.37. The fraction of sp³-hybridized carbons (Fsp3) is 0.488. The molecule has 13 heteroatoms. The third kappa shape index (κ3) is 7.80. The van der Waals surface area contributed by atoms with Gasteiger partial charge in [-0.25, -0.2) is 17.9 Å². The van der Waals surface area contributed by atoms with Crippen molar-refractivity contribution in [2.45, 2.75) is 125 Å². The van der Waals surface area contributed by atoms with E-state index in [2.05, 4.69) is 44.5 Å². The smallest absolute Gasteiger partial charge is 0.408 e. The van der Waals surface area contributed by atoms with Gasteiger partial charge in [0.2, 0.25) is 11.8 Å². The molecule has 2 saturated carbocycles. The summed E-state index contributed by atoms with van der Waals surface area (Å²) in [7, 11) is -4.24. The van der Waals surface area contributed by atoms with Crippen molar-refractivity contribution in [2.24, 2.45) is 5.92 Å². The summed E-state index contributed by atoms with van der Waals surface area (Å²) in [6.07, 6.45) is 10.6. The first-order chi connectivity index (χ1) is 27.0. The highest BCUT2D eigenvalue weighted by Crippen LogP contribution is 2.46. The summed E-state index contributed by atoms with van der Waals surface area (Å²) in [5.74, 6) is -2.13. The Morgan fingerprint density at radius 1 is 0.893 bits per heavy atom. The Hall–Kier alpha value is -4.75. The summed E-state index contributed by atoms with van der Waals surface area (Å²) in [5, 5.41) is 8.27. The van der Waals surface area contributed by atoms with Gasteiger partial charge in [-0.1, -0.05) is 79.1 Å². The number of benzene rings is 3. The summed E-state index contributed by atoms with van der Waals surface area (Å²) in [6, 6.07) is 16.7. The van der Waals surface area contributed by atoms with E-state index in [-0.39, 0.29) is 35.9 Å². The van der Waals surface area contributed by atoms with Gasteiger partial charge in [-0.15, -0.1) is 0 Å². The van der Waals surface area contributed by atoms with E-state index in [0.29, 0.717) is 38.8 Å². The molecule has 8 rings (SSSR count). The average Bonchev–Trinajstić information content (AvgIpc) is 3.46. The second-order valence-electron chi connectivity index (χ2n) is 16.3. The van der Waals surface area contributed by atoms with Gasteiger partial charge in [-0.05, 0) is 98.7 Å². The Bertz CT molecular complexity index is 2110. The second kappa shape index (κ2) is 15.7. The summed E-state index contributed by atoms with van der Waals surface area (Å²) in [5.41, 5.74) is 1.72. The van der Waals surface area contributed by atoms with Gasteiger partial charge >= 0.3 is 6.09 Å². The number of nitrogens with one attached hydrogen (secondary N) is 3. The fourth-order valence-electron chi connectivity index (χ4n) is 9.20. The molecule has 2 aliphatic carbocycles. The SMILES string of the molecule is Cc1ccc(S(=O)(=O)NC(=O)C23CC2/C=C/CCCCCC(NC(=O)OC2CCCC2)C(=O)N2C[C@H](N4Cc5cccc6cccc(c56)C4)CC2C(=O)N3)cc1. The van der Waals surface area contributed by atoms with E-state index < -0.39 is 51.5 Å². The van der Waals surface area contributed by atoms with Crippen LogP contribution in [0.2, 0.25) is 0 Å². The number of carbonyl (C=O) groups is 4. The van der Waals surface area contributed by atoms with E-state index in [1.54, 1.807) is 17.0 Å². The van der Waals surface area contributed by atoms with Crippen molar-refractivity contribution in [2.75, 3.05) is 6.54 Å². The van der Waals surface area contributed by atoms with Crippen molar-refractivity contribution in [3.05, 3.63) is 89.5 Å². The zero-order valence-corrected chi connectivity index (χ0v) is 32.7. The first-order valence-corrected chi connectivity index (χ1v) is 21.6. The third-order valence-electron chi connectivity index (χ3n) is 12.4. The number of hydrogen-bond acceptors (Lipinski definition) is 8. The molecule has 3 aliphatic heterocycles. The minimum atomic E-state index is -4.24. The largest absolute Gasteiger partial charge is 0.446 e. The maximum absolute atomic E-state index is 14.7. The Morgan fingerprint density at radius 3 is 2.30 bits per heavy atom. The Morgan fingerprint density at radius 2 is 1.59 bits per heavy atom. The van der Waals surface area contributed by atoms with Gasteiger partial charge in [0.05, 0.1) is 4.90 Å². The molecule has 3 aromatic rings. The van der Waals surface area contributed by atoms with E-state index in [4.69, 9.17) is 4.74 Å². The number of amides is 4. The molecule has 5 atom stereocenters. The quantitative estimate of drug-likeness (QED) is 0.282. The molecule has 12 nitrogen and oxygen atoms in total. The maximum atomic E-state index is 14.7. The summed E-state index contributed by atoms with van der Waals surface area (Å²) < 4.78 is 34.8. The lowest BCUT2D eigenvalue weighted by molar-refractivity contribution is -0.141. The van der Waals surface area contributed by atoms with E-state index in [1.807, 2.05) is 31.2 Å². The number of allylic oxidation sites excluding steroid dienone is 1. The predicted molar refractivity (Wildman–Crippen MR) is 210 cm³/mol. The molecule has 5 aliphatic rings. The topological polar surface area (TPSA) is 154 Å². The zero-order chi connectivity index (χ0) is 39.0. The number of rotatable bonds is 6. The molecule has 0 spiro atoms. The van der Waals surface area contributed by atoms with Gasteiger partial charge in [-0.3, -0.25) is 19.3 Å². The number of aryl methyl sites for hydroxylation is 1. The lowest BCUT2D eigenvalue weighted by Crippen LogP contribution is -2.58. The molecule has 1 saturated heterocycles. The maximum Gasteiger partial charge on any atom is 0.408 e.